The Kier molecular flexibility index (Phi) is 4.47. The zero-order valence-corrected chi connectivity index (χ0v) is 12.9. The van der Waals surface area contributed by atoms with Crippen LogP contribution in [0.25, 0.3) is 0 Å². The molecule has 3 heterocycles. The van der Waals surface area contributed by atoms with Gasteiger partial charge in [0.2, 0.25) is 5.91 Å². The van der Waals surface area contributed by atoms with E-state index in [1.165, 1.54) is 12.8 Å². The van der Waals surface area contributed by atoms with Gasteiger partial charge in [-0.2, -0.15) is 0 Å². The van der Waals surface area contributed by atoms with Crippen LogP contribution in [0.1, 0.15) is 42.5 Å². The third-order valence-corrected chi connectivity index (χ3v) is 4.50. The summed E-state index contributed by atoms with van der Waals surface area (Å²) in [6, 6.07) is 3.09. The van der Waals surface area contributed by atoms with Gasteiger partial charge in [0.1, 0.15) is 11.8 Å². The first kappa shape index (κ1) is 15.1. The zero-order valence-electron chi connectivity index (χ0n) is 12.9. The summed E-state index contributed by atoms with van der Waals surface area (Å²) in [6.07, 6.45) is 3.06. The Labute approximate surface area is 130 Å². The number of nitrogens with zero attached hydrogens (tertiary/aromatic N) is 1. The molecule has 2 saturated heterocycles. The van der Waals surface area contributed by atoms with Crippen molar-refractivity contribution in [3.8, 4) is 0 Å². The first-order valence-corrected chi connectivity index (χ1v) is 8.01. The van der Waals surface area contributed by atoms with Crippen LogP contribution >= 0.6 is 0 Å². The summed E-state index contributed by atoms with van der Waals surface area (Å²) in [4.78, 5) is 25.9. The molecule has 6 heteroatoms. The number of nitrogens with one attached hydrogen (secondary N) is 2. The Bertz CT molecular complexity index is 547. The van der Waals surface area contributed by atoms with E-state index in [0.717, 1.165) is 31.3 Å². The van der Waals surface area contributed by atoms with Crippen LogP contribution in [-0.4, -0.2) is 42.4 Å². The topological polar surface area (TPSA) is 74.6 Å². The molecule has 2 aliphatic heterocycles. The molecule has 0 aliphatic carbocycles. The molecule has 2 fully saturated rings. The average Bonchev–Trinajstić information content (AvgIpc) is 3.12. The van der Waals surface area contributed by atoms with E-state index in [-0.39, 0.29) is 17.6 Å². The number of furan rings is 1. The summed E-state index contributed by atoms with van der Waals surface area (Å²) >= 11 is 0. The molecule has 0 unspecified atom stereocenters. The minimum Gasteiger partial charge on any atom is -0.455 e. The fourth-order valence-electron chi connectivity index (χ4n) is 2.99. The van der Waals surface area contributed by atoms with E-state index >= 15 is 0 Å². The Hall–Kier alpha value is -1.82. The molecule has 2 aliphatic rings. The van der Waals surface area contributed by atoms with Crippen molar-refractivity contribution in [3.63, 3.8) is 0 Å². The van der Waals surface area contributed by atoms with Crippen LogP contribution in [0.5, 0.6) is 0 Å². The Morgan fingerprint density at radius 1 is 1.36 bits per heavy atom. The van der Waals surface area contributed by atoms with E-state index in [1.807, 2.05) is 6.07 Å². The van der Waals surface area contributed by atoms with Gasteiger partial charge in [0.15, 0.2) is 5.76 Å². The molecule has 0 radical (unpaired) electrons. The first-order chi connectivity index (χ1) is 10.6. The van der Waals surface area contributed by atoms with E-state index < -0.39 is 6.04 Å². The summed E-state index contributed by atoms with van der Waals surface area (Å²) in [7, 11) is 0. The van der Waals surface area contributed by atoms with Gasteiger partial charge in [0, 0.05) is 6.54 Å². The second kappa shape index (κ2) is 6.52. The van der Waals surface area contributed by atoms with Gasteiger partial charge in [-0.3, -0.25) is 14.5 Å². The molecule has 0 aromatic carbocycles. The van der Waals surface area contributed by atoms with Gasteiger partial charge in [-0.05, 0) is 50.4 Å². The molecule has 1 aromatic heterocycles. The predicted octanol–water partition coefficient (Wildman–Crippen LogP) is 1.13. The number of carbonyl (C=O) groups excluding carboxylic acids is 2. The fourth-order valence-corrected chi connectivity index (χ4v) is 2.99. The molecule has 0 saturated carbocycles. The molecule has 2 amide bonds. The summed E-state index contributed by atoms with van der Waals surface area (Å²) < 4.78 is 5.64. The highest BCUT2D eigenvalue weighted by Gasteiger charge is 2.27. The van der Waals surface area contributed by atoms with Crippen LogP contribution in [0.2, 0.25) is 0 Å². The largest absolute Gasteiger partial charge is 0.455 e. The lowest BCUT2D eigenvalue weighted by Crippen LogP contribution is -2.39. The van der Waals surface area contributed by atoms with Gasteiger partial charge in [0.05, 0.1) is 6.54 Å². The van der Waals surface area contributed by atoms with Crippen LogP contribution < -0.4 is 10.6 Å². The summed E-state index contributed by atoms with van der Waals surface area (Å²) in [5.74, 6) is 1.44. The smallest absolute Gasteiger partial charge is 0.287 e. The Balaban J connectivity index is 1.54. The minimum atomic E-state index is -0.440. The van der Waals surface area contributed by atoms with E-state index in [0.29, 0.717) is 13.0 Å². The van der Waals surface area contributed by atoms with E-state index in [2.05, 4.69) is 22.5 Å². The lowest BCUT2D eigenvalue weighted by atomic mass is 9.99. The molecule has 2 N–H and O–H groups in total. The third-order valence-electron chi connectivity index (χ3n) is 4.50. The van der Waals surface area contributed by atoms with Crippen LogP contribution in [0.3, 0.4) is 0 Å². The van der Waals surface area contributed by atoms with Crippen LogP contribution in [0.15, 0.2) is 16.5 Å². The maximum Gasteiger partial charge on any atom is 0.287 e. The highest BCUT2D eigenvalue weighted by molar-refractivity contribution is 5.96. The van der Waals surface area contributed by atoms with Gasteiger partial charge in [-0.1, -0.05) is 6.92 Å². The molecule has 0 spiro atoms. The lowest BCUT2D eigenvalue weighted by Gasteiger charge is -2.29. The van der Waals surface area contributed by atoms with Gasteiger partial charge < -0.3 is 15.1 Å². The standard InChI is InChI=1S/C16H23N3O3/c1-11-5-8-19(9-6-11)10-12-2-3-14(22-12)16(21)18-13-4-7-17-15(13)20/h2-3,11,13H,4-10H2,1H3,(H,17,20)(H,18,21)/t13-/m1/s1. The Morgan fingerprint density at radius 3 is 2.82 bits per heavy atom. The highest BCUT2D eigenvalue weighted by Crippen LogP contribution is 2.19. The zero-order chi connectivity index (χ0) is 15.5. The van der Waals surface area contributed by atoms with Crippen LogP contribution in [-0.2, 0) is 11.3 Å². The van der Waals surface area contributed by atoms with Crippen molar-refractivity contribution in [3.05, 3.63) is 23.7 Å². The van der Waals surface area contributed by atoms with Gasteiger partial charge in [-0.15, -0.1) is 0 Å². The van der Waals surface area contributed by atoms with Crippen molar-refractivity contribution in [2.75, 3.05) is 19.6 Å². The van der Waals surface area contributed by atoms with Crippen LogP contribution in [0.4, 0.5) is 0 Å². The van der Waals surface area contributed by atoms with Crippen molar-refractivity contribution in [2.24, 2.45) is 5.92 Å². The number of amides is 2. The number of hydrogen-bond donors (Lipinski definition) is 2. The lowest BCUT2D eigenvalue weighted by molar-refractivity contribution is -0.120. The number of piperidine rings is 1. The van der Waals surface area contributed by atoms with Gasteiger partial charge >= 0.3 is 0 Å². The van der Waals surface area contributed by atoms with Crippen molar-refractivity contribution < 1.29 is 14.0 Å². The van der Waals surface area contributed by atoms with Crippen molar-refractivity contribution >= 4 is 11.8 Å². The average molecular weight is 305 g/mol. The number of carbonyl (C=O) groups is 2. The number of rotatable bonds is 4. The molecule has 3 rings (SSSR count). The number of likely N-dealkylation sites (tertiary alicyclic amines) is 1. The highest BCUT2D eigenvalue weighted by atomic mass is 16.4. The van der Waals surface area contributed by atoms with Gasteiger partial charge in [0.25, 0.3) is 5.91 Å². The molecular weight excluding hydrogens is 282 g/mol. The third kappa shape index (κ3) is 3.50. The summed E-state index contributed by atoms with van der Waals surface area (Å²) in [6.45, 7) is 5.79. The minimum absolute atomic E-state index is 0.123. The molecule has 1 aromatic rings. The second-order valence-electron chi connectivity index (χ2n) is 6.33. The monoisotopic (exact) mass is 305 g/mol. The van der Waals surface area contributed by atoms with Crippen LogP contribution in [0, 0.1) is 5.92 Å². The second-order valence-corrected chi connectivity index (χ2v) is 6.33. The van der Waals surface area contributed by atoms with E-state index in [9.17, 15) is 9.59 Å². The summed E-state index contributed by atoms with van der Waals surface area (Å²) in [5, 5.41) is 5.41. The SMILES string of the molecule is CC1CCN(Cc2ccc(C(=O)N[C@@H]3CCNC3=O)o2)CC1. The molecule has 0 bridgehead atoms. The van der Waals surface area contributed by atoms with Crippen molar-refractivity contribution in [2.45, 2.75) is 38.8 Å². The molecule has 22 heavy (non-hydrogen) atoms. The normalized spacial score (nSPS) is 23.5. The van der Waals surface area contributed by atoms with E-state index in [4.69, 9.17) is 4.42 Å². The van der Waals surface area contributed by atoms with Crippen molar-refractivity contribution in [1.82, 2.24) is 15.5 Å². The maximum atomic E-state index is 12.1. The number of hydrogen-bond acceptors (Lipinski definition) is 4. The Morgan fingerprint density at radius 2 is 2.14 bits per heavy atom. The van der Waals surface area contributed by atoms with Crippen molar-refractivity contribution in [1.29, 1.82) is 0 Å². The van der Waals surface area contributed by atoms with Gasteiger partial charge in [-0.25, -0.2) is 0 Å². The predicted molar refractivity (Wildman–Crippen MR) is 81.3 cm³/mol. The molecule has 6 nitrogen and oxygen atoms in total. The quantitative estimate of drug-likeness (QED) is 0.874. The molecule has 120 valence electrons. The fraction of sp³-hybridized carbons (Fsp3) is 0.625. The molecular formula is C16H23N3O3. The first-order valence-electron chi connectivity index (χ1n) is 8.01. The summed E-state index contributed by atoms with van der Waals surface area (Å²) in [5.41, 5.74) is 0. The maximum absolute atomic E-state index is 12.1. The molecule has 1 atom stereocenters. The van der Waals surface area contributed by atoms with E-state index in [1.54, 1.807) is 6.07 Å².